The van der Waals surface area contributed by atoms with Gasteiger partial charge in [-0.05, 0) is 34.7 Å². The van der Waals surface area contributed by atoms with Crippen LogP contribution < -0.4 is 10.4 Å². The number of ether oxygens (including phenoxy) is 1. The van der Waals surface area contributed by atoms with Crippen LogP contribution >= 0.6 is 23.1 Å². The zero-order valence-electron chi connectivity index (χ0n) is 19.2. The van der Waals surface area contributed by atoms with E-state index in [0.717, 1.165) is 26.6 Å². The fourth-order valence-corrected chi connectivity index (χ4v) is 7.67. The average molecular weight is 540 g/mol. The van der Waals surface area contributed by atoms with Crippen molar-refractivity contribution in [3.05, 3.63) is 92.2 Å². The van der Waals surface area contributed by atoms with Crippen LogP contribution in [-0.4, -0.2) is 46.5 Å². The predicted molar refractivity (Wildman–Crippen MR) is 136 cm³/mol. The van der Waals surface area contributed by atoms with Crippen LogP contribution in [0.1, 0.15) is 33.2 Å². The fraction of sp³-hybridized carbons (Fsp3) is 0.231. The molecule has 3 aliphatic heterocycles. The van der Waals surface area contributed by atoms with E-state index in [9.17, 15) is 19.1 Å². The van der Waals surface area contributed by atoms with Crippen molar-refractivity contribution in [1.29, 1.82) is 0 Å². The number of benzene rings is 2. The predicted octanol–water partition coefficient (Wildman–Crippen LogP) is 4.19. The number of carbonyl (C=O) groups excluding carboxylic acids is 1. The highest BCUT2D eigenvalue weighted by Gasteiger charge is 2.46. The molecule has 1 amide bonds. The van der Waals surface area contributed by atoms with Crippen molar-refractivity contribution in [3.63, 3.8) is 0 Å². The van der Waals surface area contributed by atoms with Gasteiger partial charge in [0.25, 0.3) is 5.91 Å². The average Bonchev–Trinajstić information content (AvgIpc) is 3.32. The molecule has 2 aromatic heterocycles. The molecule has 0 radical (unpaired) electrons. The lowest BCUT2D eigenvalue weighted by Gasteiger charge is -2.51. The number of rotatable bonds is 1. The number of fused-ring (bicyclic) bond motifs is 6. The number of aromatic nitrogens is 1. The number of pyridine rings is 1. The van der Waals surface area contributed by atoms with Crippen molar-refractivity contribution < 1.29 is 23.4 Å². The van der Waals surface area contributed by atoms with Gasteiger partial charge >= 0.3 is 0 Å². The van der Waals surface area contributed by atoms with Crippen LogP contribution in [0.5, 0.6) is 5.75 Å². The maximum Gasteiger partial charge on any atom is 0.278 e. The third kappa shape index (κ3) is 3.20. The highest BCUT2D eigenvalue weighted by Crippen LogP contribution is 2.48. The van der Waals surface area contributed by atoms with E-state index in [4.69, 9.17) is 4.74 Å². The molecule has 3 aliphatic rings. The summed E-state index contributed by atoms with van der Waals surface area (Å²) in [5, 5.41) is 15.6. The number of hydrogen-bond donors (Lipinski definition) is 1. The van der Waals surface area contributed by atoms with Gasteiger partial charge in [-0.15, -0.1) is 23.1 Å². The Kier molecular flexibility index (Phi) is 5.11. The molecule has 7 nitrogen and oxygen atoms in total. The zero-order chi connectivity index (χ0) is 25.4. The maximum atomic E-state index is 15.3. The molecule has 2 atom stereocenters. The molecule has 0 bridgehead atoms. The Balaban J connectivity index is 1.57. The number of nitrogens with zero attached hydrogens (tertiary/aromatic N) is 3. The third-order valence-corrected chi connectivity index (χ3v) is 9.30. The summed E-state index contributed by atoms with van der Waals surface area (Å²) in [6.07, 6.45) is 0.831. The first kappa shape index (κ1) is 22.8. The maximum absolute atomic E-state index is 15.3. The van der Waals surface area contributed by atoms with Gasteiger partial charge in [-0.1, -0.05) is 12.1 Å². The molecular formula is C26H19F2N3O4S2. The van der Waals surface area contributed by atoms with Crippen LogP contribution in [0.15, 0.2) is 57.7 Å². The Hall–Kier alpha value is -3.41. The van der Waals surface area contributed by atoms with Crippen molar-refractivity contribution in [2.24, 2.45) is 0 Å². The van der Waals surface area contributed by atoms with Gasteiger partial charge in [0, 0.05) is 45.1 Å². The number of thioether (sulfide) groups is 1. The lowest BCUT2D eigenvalue weighted by molar-refractivity contribution is -0.0197. The Morgan fingerprint density at radius 3 is 2.76 bits per heavy atom. The van der Waals surface area contributed by atoms with Crippen LogP contribution in [0.2, 0.25) is 0 Å². The molecule has 7 rings (SSSR count). The van der Waals surface area contributed by atoms with E-state index < -0.39 is 40.9 Å². The largest absolute Gasteiger partial charge is 0.502 e. The van der Waals surface area contributed by atoms with Crippen molar-refractivity contribution in [3.8, 4) is 5.75 Å². The van der Waals surface area contributed by atoms with E-state index >= 15 is 4.39 Å². The molecule has 1 fully saturated rings. The quantitative estimate of drug-likeness (QED) is 0.391. The van der Waals surface area contributed by atoms with Crippen LogP contribution in [0, 0.1) is 11.6 Å². The number of aromatic hydroxyl groups is 1. The Labute approximate surface area is 217 Å². The second-order valence-corrected chi connectivity index (χ2v) is 11.0. The smallest absolute Gasteiger partial charge is 0.278 e. The summed E-state index contributed by atoms with van der Waals surface area (Å²) in [4.78, 5) is 28.3. The third-order valence-electron chi connectivity index (χ3n) is 7.24. The Morgan fingerprint density at radius 2 is 1.89 bits per heavy atom. The molecule has 5 heterocycles. The molecule has 0 saturated carbocycles. The van der Waals surface area contributed by atoms with E-state index in [1.54, 1.807) is 22.3 Å². The van der Waals surface area contributed by atoms with Gasteiger partial charge in [0.2, 0.25) is 5.43 Å². The zero-order valence-corrected chi connectivity index (χ0v) is 20.8. The molecule has 11 heteroatoms. The number of thiophene rings is 1. The number of hydrogen-bond acceptors (Lipinski definition) is 7. The minimum Gasteiger partial charge on any atom is -0.502 e. The number of morpholine rings is 1. The number of carbonyl (C=O) groups is 1. The summed E-state index contributed by atoms with van der Waals surface area (Å²) in [6.45, 7) is 0.721. The molecule has 4 aromatic rings. The standard InChI is InChI=1S/C26H19F2N3O4S2/c27-17-3-1-13-16(21(17)28)12-37-25-14-6-10-36-19(14)4-2-15(25)22(13)31-20-11-35-9-8-29(20)26(34)23-24(33)18(32)5-7-30(23)31/h1-7,10,20,22,33H,8-9,11-12H2/t20-,22+/m1/s1. The van der Waals surface area contributed by atoms with Gasteiger partial charge in [-0.2, -0.15) is 0 Å². The van der Waals surface area contributed by atoms with Crippen LogP contribution in [0.25, 0.3) is 10.1 Å². The van der Waals surface area contributed by atoms with Gasteiger partial charge in [-0.25, -0.2) is 8.78 Å². The normalized spacial score (nSPS) is 20.8. The van der Waals surface area contributed by atoms with E-state index in [1.165, 1.54) is 28.7 Å². The van der Waals surface area contributed by atoms with E-state index in [1.807, 2.05) is 28.6 Å². The summed E-state index contributed by atoms with van der Waals surface area (Å²) in [5.41, 5.74) is 0.802. The number of halogens is 2. The van der Waals surface area contributed by atoms with Crippen LogP contribution in [0.4, 0.5) is 8.78 Å². The van der Waals surface area contributed by atoms with Gasteiger partial charge in [0.15, 0.2) is 23.1 Å². The second-order valence-electron chi connectivity index (χ2n) is 9.09. The fourth-order valence-electron chi connectivity index (χ4n) is 5.55. The topological polar surface area (TPSA) is 75.0 Å². The minimum atomic E-state index is -0.928. The summed E-state index contributed by atoms with van der Waals surface area (Å²) in [6, 6.07) is 9.22. The molecule has 2 aromatic carbocycles. The minimum absolute atomic E-state index is 0.162. The lowest BCUT2D eigenvalue weighted by atomic mass is 9.92. The first-order chi connectivity index (χ1) is 18.0. The van der Waals surface area contributed by atoms with Gasteiger partial charge in [0.1, 0.15) is 6.17 Å². The SMILES string of the molecule is O=C1c2c(O)c(=O)ccn2N([C@H]2c3ccc(F)c(F)c3CSc3c2ccc2sccc32)[C@@H]2COCCN12. The molecule has 188 valence electrons. The monoisotopic (exact) mass is 539 g/mol. The van der Waals surface area contributed by atoms with Crippen molar-refractivity contribution in [2.75, 3.05) is 24.8 Å². The molecule has 0 spiro atoms. The summed E-state index contributed by atoms with van der Waals surface area (Å²) >= 11 is 3.04. The Bertz CT molecular complexity index is 1670. The summed E-state index contributed by atoms with van der Waals surface area (Å²) < 4.78 is 38.1. The first-order valence-electron chi connectivity index (χ1n) is 11.7. The van der Waals surface area contributed by atoms with Crippen molar-refractivity contribution >= 4 is 39.1 Å². The summed E-state index contributed by atoms with van der Waals surface area (Å²) in [5.74, 6) is -2.75. The molecule has 0 aliphatic carbocycles. The molecule has 1 saturated heterocycles. The Morgan fingerprint density at radius 1 is 1.05 bits per heavy atom. The molecule has 0 unspecified atom stereocenters. The van der Waals surface area contributed by atoms with Gasteiger partial charge in [-0.3, -0.25) is 19.3 Å². The van der Waals surface area contributed by atoms with Gasteiger partial charge in [0.05, 0.1) is 19.3 Å². The molecular weight excluding hydrogens is 520 g/mol. The molecule has 1 N–H and O–H groups in total. The van der Waals surface area contributed by atoms with E-state index in [-0.39, 0.29) is 30.2 Å². The van der Waals surface area contributed by atoms with E-state index in [0.29, 0.717) is 12.2 Å². The molecule has 37 heavy (non-hydrogen) atoms. The lowest BCUT2D eigenvalue weighted by Crippen LogP contribution is -2.66. The van der Waals surface area contributed by atoms with E-state index in [2.05, 4.69) is 0 Å². The van der Waals surface area contributed by atoms with Gasteiger partial charge < -0.3 is 14.7 Å². The first-order valence-corrected chi connectivity index (χ1v) is 13.5. The highest BCUT2D eigenvalue weighted by atomic mass is 32.2. The van der Waals surface area contributed by atoms with Crippen LogP contribution in [-0.2, 0) is 10.5 Å². The van der Waals surface area contributed by atoms with Crippen LogP contribution in [0.3, 0.4) is 0 Å². The van der Waals surface area contributed by atoms with Crippen molar-refractivity contribution in [2.45, 2.75) is 22.9 Å². The number of amides is 1. The van der Waals surface area contributed by atoms with Crippen molar-refractivity contribution in [1.82, 2.24) is 9.58 Å². The second kappa shape index (κ2) is 8.30. The highest BCUT2D eigenvalue weighted by molar-refractivity contribution is 7.98. The summed E-state index contributed by atoms with van der Waals surface area (Å²) in [7, 11) is 0.